The van der Waals surface area contributed by atoms with Crippen LogP contribution in [0.25, 0.3) is 21.9 Å². The van der Waals surface area contributed by atoms with Gasteiger partial charge in [0.05, 0.1) is 23.7 Å². The van der Waals surface area contributed by atoms with Crippen molar-refractivity contribution in [1.82, 2.24) is 9.97 Å². The van der Waals surface area contributed by atoms with Gasteiger partial charge in [0.15, 0.2) is 5.82 Å². The van der Waals surface area contributed by atoms with Gasteiger partial charge in [-0.05, 0) is 57.7 Å². The van der Waals surface area contributed by atoms with Crippen molar-refractivity contribution in [2.45, 2.75) is 59.2 Å². The summed E-state index contributed by atoms with van der Waals surface area (Å²) in [6.45, 7) is 8.59. The fourth-order valence-corrected chi connectivity index (χ4v) is 5.27. The third kappa shape index (κ3) is 5.98. The van der Waals surface area contributed by atoms with Crippen LogP contribution in [0.15, 0.2) is 24.5 Å². The molecule has 3 N–H and O–H groups in total. The van der Waals surface area contributed by atoms with Crippen LogP contribution in [0.3, 0.4) is 0 Å². The van der Waals surface area contributed by atoms with E-state index in [2.05, 4.69) is 26.7 Å². The number of ether oxygens (including phenoxy) is 3. The zero-order valence-electron chi connectivity index (χ0n) is 24.8. The fourth-order valence-electron chi connectivity index (χ4n) is 5.27. The van der Waals surface area contributed by atoms with E-state index >= 15 is 4.39 Å². The Balaban J connectivity index is 1.56. The molecule has 2 aliphatic rings. The van der Waals surface area contributed by atoms with Crippen LogP contribution in [0.2, 0.25) is 0 Å². The lowest BCUT2D eigenvalue weighted by atomic mass is 9.69. The minimum absolute atomic E-state index is 0.00254. The predicted molar refractivity (Wildman–Crippen MR) is 157 cm³/mol. The van der Waals surface area contributed by atoms with Crippen molar-refractivity contribution in [3.63, 3.8) is 0 Å². The average Bonchev–Trinajstić information content (AvgIpc) is 2.92. The standard InChI is InChI=1S/C30H31FN6O7/c1-15-19(12-34-25-24(15)37(28(40)41)6-7-42-25)18-8-16-9-21(35-26(38)43-17-10-30(5,11-17)14-32)33-13-20(16)23(22(18)31)36-27(39)44-29(2,3)4/h8-9,12-13,17H,6-7,10-11H2,1-5H3,(H,36,39)(H,40,41)(H,33,35,38). The number of amides is 3. The van der Waals surface area contributed by atoms with E-state index in [-0.39, 0.29) is 52.7 Å². The first-order chi connectivity index (χ1) is 20.7. The van der Waals surface area contributed by atoms with Crippen molar-refractivity contribution < 1.29 is 38.1 Å². The summed E-state index contributed by atoms with van der Waals surface area (Å²) in [5.74, 6) is -0.639. The zero-order chi connectivity index (χ0) is 32.0. The number of aromatic nitrogens is 2. The number of rotatable bonds is 4. The van der Waals surface area contributed by atoms with Gasteiger partial charge >= 0.3 is 18.3 Å². The highest BCUT2D eigenvalue weighted by Gasteiger charge is 2.43. The number of halogens is 1. The maximum atomic E-state index is 16.3. The molecule has 1 saturated carbocycles. The molecule has 3 aromatic rings. The highest BCUT2D eigenvalue weighted by Crippen LogP contribution is 2.43. The molecular weight excluding hydrogens is 575 g/mol. The molecule has 0 unspecified atom stereocenters. The largest absolute Gasteiger partial charge is 0.474 e. The molecule has 13 nitrogen and oxygen atoms in total. The summed E-state index contributed by atoms with van der Waals surface area (Å²) in [5.41, 5.74) is -0.803. The Labute approximate surface area is 251 Å². The van der Waals surface area contributed by atoms with Gasteiger partial charge in [-0.25, -0.2) is 28.7 Å². The molecule has 0 spiro atoms. The molecule has 1 aliphatic carbocycles. The van der Waals surface area contributed by atoms with Crippen LogP contribution in [0.1, 0.15) is 46.1 Å². The quantitative estimate of drug-likeness (QED) is 0.309. The lowest BCUT2D eigenvalue weighted by molar-refractivity contribution is 0.00135. The number of anilines is 3. The number of nitriles is 1. The summed E-state index contributed by atoms with van der Waals surface area (Å²) >= 11 is 0. The monoisotopic (exact) mass is 606 g/mol. The van der Waals surface area contributed by atoms with Gasteiger partial charge in [-0.1, -0.05) is 0 Å². The van der Waals surface area contributed by atoms with E-state index in [0.29, 0.717) is 23.8 Å². The van der Waals surface area contributed by atoms with Crippen LogP contribution < -0.4 is 20.3 Å². The summed E-state index contributed by atoms with van der Waals surface area (Å²) in [6.07, 6.45) is 0.211. The maximum absolute atomic E-state index is 16.3. The molecule has 1 fully saturated rings. The molecule has 2 aromatic heterocycles. The Hall–Kier alpha value is -5.19. The first-order valence-corrected chi connectivity index (χ1v) is 13.8. The number of pyridine rings is 2. The number of carboxylic acid groups (broad SMARTS) is 1. The van der Waals surface area contributed by atoms with Gasteiger partial charge in [0.25, 0.3) is 0 Å². The van der Waals surface area contributed by atoms with Crippen LogP contribution in [0.4, 0.5) is 36.0 Å². The molecule has 0 saturated heterocycles. The minimum atomic E-state index is -1.21. The number of hydrogen-bond acceptors (Lipinski definition) is 9. The van der Waals surface area contributed by atoms with E-state index in [1.807, 2.05) is 0 Å². The highest BCUT2D eigenvalue weighted by atomic mass is 19.1. The Bertz CT molecular complexity index is 1730. The maximum Gasteiger partial charge on any atom is 0.413 e. The normalized spacial score (nSPS) is 19.1. The first kappa shape index (κ1) is 30.3. The van der Waals surface area contributed by atoms with Crippen molar-refractivity contribution in [3.8, 4) is 23.1 Å². The van der Waals surface area contributed by atoms with Crippen molar-refractivity contribution in [3.05, 3.63) is 35.9 Å². The van der Waals surface area contributed by atoms with Crippen molar-refractivity contribution >= 4 is 46.2 Å². The smallest absolute Gasteiger partial charge is 0.413 e. The summed E-state index contributed by atoms with van der Waals surface area (Å²) in [5, 5.41) is 24.6. The second kappa shape index (κ2) is 11.1. The van der Waals surface area contributed by atoms with Crippen LogP contribution in [0.5, 0.6) is 5.88 Å². The molecule has 0 bridgehead atoms. The highest BCUT2D eigenvalue weighted by molar-refractivity contribution is 6.04. The Kier molecular flexibility index (Phi) is 7.67. The number of carbonyl (C=O) groups is 3. The number of benzene rings is 1. The summed E-state index contributed by atoms with van der Waals surface area (Å²) in [6, 6.07) is 5.16. The lowest BCUT2D eigenvalue weighted by Gasteiger charge is -2.38. The van der Waals surface area contributed by atoms with E-state index < -0.39 is 41.2 Å². The Morgan fingerprint density at radius 3 is 2.55 bits per heavy atom. The lowest BCUT2D eigenvalue weighted by Crippen LogP contribution is -2.41. The summed E-state index contributed by atoms with van der Waals surface area (Å²) in [7, 11) is 0. The van der Waals surface area contributed by atoms with E-state index in [0.717, 1.165) is 4.90 Å². The van der Waals surface area contributed by atoms with Crippen molar-refractivity contribution in [2.24, 2.45) is 5.41 Å². The van der Waals surface area contributed by atoms with Gasteiger partial charge in [0, 0.05) is 41.7 Å². The van der Waals surface area contributed by atoms with Gasteiger partial charge in [-0.2, -0.15) is 5.26 Å². The van der Waals surface area contributed by atoms with E-state index in [4.69, 9.17) is 14.2 Å². The topological polar surface area (TPSA) is 176 Å². The third-order valence-electron chi connectivity index (χ3n) is 7.33. The van der Waals surface area contributed by atoms with Crippen LogP contribution >= 0.6 is 0 Å². The summed E-state index contributed by atoms with van der Waals surface area (Å²) < 4.78 is 32.6. The molecule has 5 rings (SSSR count). The molecule has 3 heterocycles. The number of nitrogens with one attached hydrogen (secondary N) is 2. The molecule has 1 aliphatic heterocycles. The fraction of sp³-hybridized carbons (Fsp3) is 0.400. The van der Waals surface area contributed by atoms with Gasteiger partial charge < -0.3 is 19.3 Å². The molecule has 0 atom stereocenters. The third-order valence-corrected chi connectivity index (χ3v) is 7.33. The van der Waals surface area contributed by atoms with Crippen LogP contribution in [-0.4, -0.2) is 58.2 Å². The zero-order valence-corrected chi connectivity index (χ0v) is 24.8. The summed E-state index contributed by atoms with van der Waals surface area (Å²) in [4.78, 5) is 46.8. The first-order valence-electron chi connectivity index (χ1n) is 13.8. The second-order valence-electron chi connectivity index (χ2n) is 12.0. The second-order valence-corrected chi connectivity index (χ2v) is 12.0. The number of fused-ring (bicyclic) bond motifs is 2. The van der Waals surface area contributed by atoms with Gasteiger partial charge in [0.2, 0.25) is 5.88 Å². The van der Waals surface area contributed by atoms with Gasteiger partial charge in [-0.3, -0.25) is 15.5 Å². The number of nitrogens with zero attached hydrogens (tertiary/aromatic N) is 4. The Morgan fingerprint density at radius 2 is 1.89 bits per heavy atom. The molecule has 14 heteroatoms. The van der Waals surface area contributed by atoms with E-state index in [1.54, 1.807) is 34.6 Å². The van der Waals surface area contributed by atoms with Gasteiger partial charge in [0.1, 0.15) is 29.8 Å². The van der Waals surface area contributed by atoms with Gasteiger partial charge in [-0.15, -0.1) is 0 Å². The number of hydrogen-bond donors (Lipinski definition) is 3. The van der Waals surface area contributed by atoms with E-state index in [9.17, 15) is 24.8 Å². The van der Waals surface area contributed by atoms with Crippen molar-refractivity contribution in [1.29, 1.82) is 5.26 Å². The predicted octanol–water partition coefficient (Wildman–Crippen LogP) is 6.21. The SMILES string of the molecule is Cc1c(-c2cc3cc(NC(=O)OC4CC(C)(C#N)C4)ncc3c(NC(=O)OC(C)(C)C)c2F)cnc2c1N(C(=O)O)CCO2. The minimum Gasteiger partial charge on any atom is -0.474 e. The van der Waals surface area contributed by atoms with E-state index in [1.165, 1.54) is 24.5 Å². The number of carbonyl (C=O) groups excluding carboxylic acids is 2. The van der Waals surface area contributed by atoms with Crippen LogP contribution in [0, 0.1) is 29.5 Å². The molecule has 1 aromatic carbocycles. The van der Waals surface area contributed by atoms with Crippen molar-refractivity contribution in [2.75, 3.05) is 28.7 Å². The van der Waals surface area contributed by atoms with Crippen LogP contribution in [-0.2, 0) is 9.47 Å². The molecule has 3 amide bonds. The molecule has 230 valence electrons. The Morgan fingerprint density at radius 1 is 1.16 bits per heavy atom. The molecular formula is C30H31FN6O7. The average molecular weight is 607 g/mol. The molecule has 44 heavy (non-hydrogen) atoms. The molecule has 0 radical (unpaired) electrons.